The third-order valence-electron chi connectivity index (χ3n) is 2.76. The lowest BCUT2D eigenvalue weighted by Crippen LogP contribution is -2.01. The molecule has 0 saturated carbocycles. The second-order valence-corrected chi connectivity index (χ2v) is 4.09. The molecule has 0 radical (unpaired) electrons. The number of aliphatic hydroxyl groups is 1. The molecule has 1 aliphatic heterocycles. The standard InChI is InChI=1S/C12H13NO5/c1-7(8(2)14)3-9-4-11-12(18-6-17-11)5-10(9)13(15)16/h3-5,8,14H,6H2,1-2H3/b7-3+. The summed E-state index contributed by atoms with van der Waals surface area (Å²) in [5, 5.41) is 20.4. The molecule has 1 heterocycles. The van der Waals surface area contributed by atoms with Crippen molar-refractivity contribution in [3.8, 4) is 11.5 Å². The smallest absolute Gasteiger partial charge is 0.280 e. The first-order chi connectivity index (χ1) is 8.49. The molecule has 18 heavy (non-hydrogen) atoms. The Morgan fingerprint density at radius 1 is 1.50 bits per heavy atom. The lowest BCUT2D eigenvalue weighted by atomic mass is 10.1. The van der Waals surface area contributed by atoms with Crippen molar-refractivity contribution in [1.82, 2.24) is 0 Å². The maximum Gasteiger partial charge on any atom is 0.280 e. The van der Waals surface area contributed by atoms with E-state index in [1.807, 2.05) is 0 Å². The Hall–Kier alpha value is -2.08. The fourth-order valence-corrected chi connectivity index (χ4v) is 1.59. The lowest BCUT2D eigenvalue weighted by molar-refractivity contribution is -0.385. The molecule has 0 amide bonds. The van der Waals surface area contributed by atoms with Crippen molar-refractivity contribution in [3.05, 3.63) is 33.4 Å². The molecule has 6 heteroatoms. The fourth-order valence-electron chi connectivity index (χ4n) is 1.59. The average molecular weight is 251 g/mol. The van der Waals surface area contributed by atoms with E-state index in [-0.39, 0.29) is 12.5 Å². The number of rotatable bonds is 3. The Labute approximate surface area is 104 Å². The van der Waals surface area contributed by atoms with Crippen LogP contribution in [0.2, 0.25) is 0 Å². The maximum atomic E-state index is 11.0. The summed E-state index contributed by atoms with van der Waals surface area (Å²) in [7, 11) is 0. The van der Waals surface area contributed by atoms with Gasteiger partial charge in [0.2, 0.25) is 6.79 Å². The second-order valence-electron chi connectivity index (χ2n) is 4.09. The third kappa shape index (κ3) is 2.28. The van der Waals surface area contributed by atoms with Gasteiger partial charge in [0.25, 0.3) is 5.69 Å². The van der Waals surface area contributed by atoms with Gasteiger partial charge in [-0.15, -0.1) is 0 Å². The Bertz CT molecular complexity index is 521. The number of nitro groups is 1. The highest BCUT2D eigenvalue weighted by Crippen LogP contribution is 2.38. The number of nitro benzene ring substituents is 1. The summed E-state index contributed by atoms with van der Waals surface area (Å²) >= 11 is 0. The summed E-state index contributed by atoms with van der Waals surface area (Å²) < 4.78 is 10.3. The van der Waals surface area contributed by atoms with E-state index in [2.05, 4.69) is 0 Å². The van der Waals surface area contributed by atoms with Crippen molar-refractivity contribution in [2.75, 3.05) is 6.79 Å². The van der Waals surface area contributed by atoms with Gasteiger partial charge in [-0.1, -0.05) is 0 Å². The normalized spacial score (nSPS) is 15.6. The number of hydrogen-bond acceptors (Lipinski definition) is 5. The zero-order chi connectivity index (χ0) is 13.3. The molecule has 1 aromatic carbocycles. The molecule has 1 aromatic rings. The number of nitrogens with zero attached hydrogens (tertiary/aromatic N) is 1. The van der Waals surface area contributed by atoms with Gasteiger partial charge in [0.15, 0.2) is 11.5 Å². The van der Waals surface area contributed by atoms with Crippen LogP contribution in [-0.4, -0.2) is 22.9 Å². The molecule has 6 nitrogen and oxygen atoms in total. The van der Waals surface area contributed by atoms with E-state index in [1.165, 1.54) is 6.07 Å². The first-order valence-electron chi connectivity index (χ1n) is 5.43. The van der Waals surface area contributed by atoms with E-state index in [0.29, 0.717) is 22.6 Å². The molecule has 0 aromatic heterocycles. The molecule has 0 fully saturated rings. The van der Waals surface area contributed by atoms with E-state index in [4.69, 9.17) is 9.47 Å². The van der Waals surface area contributed by atoms with Crippen LogP contribution in [0.15, 0.2) is 17.7 Å². The van der Waals surface area contributed by atoms with Crippen LogP contribution in [0, 0.1) is 10.1 Å². The minimum atomic E-state index is -0.657. The van der Waals surface area contributed by atoms with Crippen molar-refractivity contribution in [2.45, 2.75) is 20.0 Å². The van der Waals surface area contributed by atoms with Crippen molar-refractivity contribution >= 4 is 11.8 Å². The van der Waals surface area contributed by atoms with Gasteiger partial charge in [0.05, 0.1) is 22.7 Å². The van der Waals surface area contributed by atoms with Gasteiger partial charge in [0, 0.05) is 0 Å². The molecule has 1 atom stereocenters. The van der Waals surface area contributed by atoms with Crippen LogP contribution in [0.3, 0.4) is 0 Å². The van der Waals surface area contributed by atoms with Gasteiger partial charge in [0.1, 0.15) is 0 Å². The van der Waals surface area contributed by atoms with Gasteiger partial charge in [-0.2, -0.15) is 0 Å². The van der Waals surface area contributed by atoms with Crippen LogP contribution in [0.4, 0.5) is 5.69 Å². The van der Waals surface area contributed by atoms with E-state index >= 15 is 0 Å². The molecule has 2 rings (SSSR count). The predicted molar refractivity (Wildman–Crippen MR) is 64.6 cm³/mol. The maximum absolute atomic E-state index is 11.0. The van der Waals surface area contributed by atoms with Crippen LogP contribution < -0.4 is 9.47 Å². The second kappa shape index (κ2) is 4.66. The summed E-state index contributed by atoms with van der Waals surface area (Å²) in [6.07, 6.45) is 0.917. The molecule has 0 aliphatic carbocycles. The van der Waals surface area contributed by atoms with E-state index < -0.39 is 11.0 Å². The van der Waals surface area contributed by atoms with E-state index in [1.54, 1.807) is 26.0 Å². The van der Waals surface area contributed by atoms with Gasteiger partial charge < -0.3 is 14.6 Å². The number of hydrogen-bond donors (Lipinski definition) is 1. The summed E-state index contributed by atoms with van der Waals surface area (Å²) in [6, 6.07) is 2.88. The summed E-state index contributed by atoms with van der Waals surface area (Å²) in [6.45, 7) is 3.37. The van der Waals surface area contributed by atoms with Gasteiger partial charge in [-0.3, -0.25) is 10.1 Å². The molecular weight excluding hydrogens is 238 g/mol. The molecule has 0 saturated heterocycles. The predicted octanol–water partition coefficient (Wildman–Crippen LogP) is 2.11. The Morgan fingerprint density at radius 2 is 2.11 bits per heavy atom. The largest absolute Gasteiger partial charge is 0.454 e. The Morgan fingerprint density at radius 3 is 2.67 bits per heavy atom. The number of benzene rings is 1. The highest BCUT2D eigenvalue weighted by molar-refractivity contribution is 5.68. The topological polar surface area (TPSA) is 81.8 Å². The monoisotopic (exact) mass is 251 g/mol. The first kappa shape index (κ1) is 12.4. The molecular formula is C12H13NO5. The highest BCUT2D eigenvalue weighted by Gasteiger charge is 2.22. The quantitative estimate of drug-likeness (QED) is 0.657. The molecule has 1 N–H and O–H groups in total. The molecule has 0 spiro atoms. The number of ether oxygens (including phenoxy) is 2. The molecule has 1 aliphatic rings. The Balaban J connectivity index is 2.51. The summed E-state index contributed by atoms with van der Waals surface area (Å²) in [4.78, 5) is 10.5. The van der Waals surface area contributed by atoms with Crippen LogP contribution in [0.25, 0.3) is 6.08 Å². The van der Waals surface area contributed by atoms with Crippen LogP contribution in [-0.2, 0) is 0 Å². The van der Waals surface area contributed by atoms with E-state index in [9.17, 15) is 15.2 Å². The molecule has 0 bridgehead atoms. The molecule has 96 valence electrons. The van der Waals surface area contributed by atoms with Gasteiger partial charge in [-0.05, 0) is 31.6 Å². The van der Waals surface area contributed by atoms with Crippen molar-refractivity contribution in [1.29, 1.82) is 0 Å². The van der Waals surface area contributed by atoms with Crippen LogP contribution in [0.1, 0.15) is 19.4 Å². The average Bonchev–Trinajstić information content (AvgIpc) is 2.74. The lowest BCUT2D eigenvalue weighted by Gasteiger charge is -2.05. The highest BCUT2D eigenvalue weighted by atomic mass is 16.7. The van der Waals surface area contributed by atoms with Crippen LogP contribution in [0.5, 0.6) is 11.5 Å². The zero-order valence-electron chi connectivity index (χ0n) is 10.0. The molecule has 1 unspecified atom stereocenters. The van der Waals surface area contributed by atoms with Crippen molar-refractivity contribution < 1.29 is 19.5 Å². The van der Waals surface area contributed by atoms with Crippen molar-refractivity contribution in [3.63, 3.8) is 0 Å². The third-order valence-corrected chi connectivity index (χ3v) is 2.76. The summed E-state index contributed by atoms with van der Waals surface area (Å²) in [5.41, 5.74) is 0.957. The Kier molecular flexibility index (Phi) is 3.20. The van der Waals surface area contributed by atoms with Crippen LogP contribution >= 0.6 is 0 Å². The summed E-state index contributed by atoms with van der Waals surface area (Å²) in [5.74, 6) is 0.846. The SMILES string of the molecule is C/C(=C\c1cc2c(cc1[N+](=O)[O-])OCO2)C(C)O. The minimum absolute atomic E-state index is 0.0645. The van der Waals surface area contributed by atoms with Gasteiger partial charge in [-0.25, -0.2) is 0 Å². The fraction of sp³-hybridized carbons (Fsp3) is 0.333. The zero-order valence-corrected chi connectivity index (χ0v) is 10.0. The van der Waals surface area contributed by atoms with Gasteiger partial charge >= 0.3 is 0 Å². The van der Waals surface area contributed by atoms with E-state index in [0.717, 1.165) is 0 Å². The number of aliphatic hydroxyl groups excluding tert-OH is 1. The minimum Gasteiger partial charge on any atom is -0.454 e. The first-order valence-corrected chi connectivity index (χ1v) is 5.43. The number of fused-ring (bicyclic) bond motifs is 1. The van der Waals surface area contributed by atoms with Crippen molar-refractivity contribution in [2.24, 2.45) is 0 Å².